The molecule has 0 aliphatic carbocycles. The molecule has 0 spiro atoms. The standard InChI is InChI=1S/C11H11NO4S/c1-6-5-17-11(15)12(6)4-8-3-9(10(13)14)16-7(8)2/h3,5H,4H2,1-2H3,(H,13,14). The van der Waals surface area contributed by atoms with Crippen LogP contribution in [-0.4, -0.2) is 15.6 Å². The molecule has 0 unspecified atom stereocenters. The topological polar surface area (TPSA) is 72.4 Å². The van der Waals surface area contributed by atoms with Gasteiger partial charge in [-0.2, -0.15) is 0 Å². The molecular formula is C11H11NO4S. The van der Waals surface area contributed by atoms with E-state index in [9.17, 15) is 9.59 Å². The first-order valence-electron chi connectivity index (χ1n) is 4.96. The summed E-state index contributed by atoms with van der Waals surface area (Å²) in [6.45, 7) is 3.87. The Morgan fingerprint density at radius 3 is 2.71 bits per heavy atom. The largest absolute Gasteiger partial charge is 0.475 e. The maximum atomic E-state index is 11.5. The highest BCUT2D eigenvalue weighted by atomic mass is 32.1. The van der Waals surface area contributed by atoms with Crippen molar-refractivity contribution in [3.8, 4) is 0 Å². The van der Waals surface area contributed by atoms with Gasteiger partial charge in [0.05, 0.1) is 6.54 Å². The van der Waals surface area contributed by atoms with Crippen molar-refractivity contribution in [2.24, 2.45) is 0 Å². The van der Waals surface area contributed by atoms with Crippen LogP contribution in [0.25, 0.3) is 0 Å². The number of hydrogen-bond acceptors (Lipinski definition) is 4. The minimum absolute atomic E-state index is 0.0556. The maximum Gasteiger partial charge on any atom is 0.371 e. The maximum absolute atomic E-state index is 11.5. The highest BCUT2D eigenvalue weighted by Crippen LogP contribution is 2.16. The van der Waals surface area contributed by atoms with Crippen molar-refractivity contribution < 1.29 is 14.3 Å². The number of aryl methyl sites for hydroxylation is 2. The highest BCUT2D eigenvalue weighted by molar-refractivity contribution is 7.07. The van der Waals surface area contributed by atoms with Gasteiger partial charge in [0.2, 0.25) is 5.76 Å². The predicted octanol–water partition coefficient (Wildman–Crippen LogP) is 1.87. The Kier molecular flexibility index (Phi) is 2.89. The third-order valence-corrected chi connectivity index (χ3v) is 3.42. The minimum atomic E-state index is -1.10. The van der Waals surface area contributed by atoms with Gasteiger partial charge in [-0.05, 0) is 19.9 Å². The van der Waals surface area contributed by atoms with E-state index >= 15 is 0 Å². The predicted molar refractivity (Wildman–Crippen MR) is 62.8 cm³/mol. The first-order chi connectivity index (χ1) is 7.99. The Morgan fingerprint density at radius 1 is 1.53 bits per heavy atom. The van der Waals surface area contributed by atoms with Crippen LogP contribution in [0.15, 0.2) is 20.7 Å². The van der Waals surface area contributed by atoms with Crippen molar-refractivity contribution in [3.05, 3.63) is 43.9 Å². The van der Waals surface area contributed by atoms with Gasteiger partial charge >= 0.3 is 10.8 Å². The molecule has 2 heterocycles. The molecule has 0 saturated carbocycles. The van der Waals surface area contributed by atoms with Crippen molar-refractivity contribution in [2.45, 2.75) is 20.4 Å². The molecule has 0 radical (unpaired) electrons. The summed E-state index contributed by atoms with van der Waals surface area (Å²) in [5.41, 5.74) is 1.57. The van der Waals surface area contributed by atoms with E-state index in [2.05, 4.69) is 0 Å². The summed E-state index contributed by atoms with van der Waals surface area (Å²) in [5, 5.41) is 10.6. The van der Waals surface area contributed by atoms with Gasteiger partial charge < -0.3 is 9.52 Å². The lowest BCUT2D eigenvalue weighted by Crippen LogP contribution is -2.15. The van der Waals surface area contributed by atoms with E-state index in [4.69, 9.17) is 9.52 Å². The summed E-state index contributed by atoms with van der Waals surface area (Å²) >= 11 is 1.13. The van der Waals surface area contributed by atoms with E-state index in [0.717, 1.165) is 17.0 Å². The van der Waals surface area contributed by atoms with Crippen LogP contribution in [-0.2, 0) is 6.54 Å². The number of thiazole rings is 1. The summed E-state index contributed by atoms with van der Waals surface area (Å²) in [4.78, 5) is 22.2. The number of carbonyl (C=O) groups is 1. The fourth-order valence-corrected chi connectivity index (χ4v) is 2.28. The molecule has 6 heteroatoms. The number of carboxylic acid groups (broad SMARTS) is 1. The molecule has 1 N–H and O–H groups in total. The van der Waals surface area contributed by atoms with Crippen LogP contribution in [0.3, 0.4) is 0 Å². The van der Waals surface area contributed by atoms with Gasteiger partial charge in [0.15, 0.2) is 0 Å². The number of nitrogens with zero attached hydrogens (tertiary/aromatic N) is 1. The molecule has 0 fully saturated rings. The molecule has 0 aliphatic rings. The average molecular weight is 253 g/mol. The van der Waals surface area contributed by atoms with Gasteiger partial charge in [0, 0.05) is 16.6 Å². The van der Waals surface area contributed by atoms with E-state index in [0.29, 0.717) is 17.9 Å². The SMILES string of the molecule is Cc1oc(C(=O)O)cc1Cn1c(C)csc1=O. The monoisotopic (exact) mass is 253 g/mol. The molecule has 2 aromatic heterocycles. The van der Waals surface area contributed by atoms with Crippen LogP contribution in [0.5, 0.6) is 0 Å². The second-order valence-corrected chi connectivity index (χ2v) is 4.55. The van der Waals surface area contributed by atoms with Crippen LogP contribution in [0.4, 0.5) is 0 Å². The van der Waals surface area contributed by atoms with E-state index in [-0.39, 0.29) is 10.6 Å². The van der Waals surface area contributed by atoms with Gasteiger partial charge in [-0.15, -0.1) is 0 Å². The third-order valence-electron chi connectivity index (χ3n) is 2.54. The average Bonchev–Trinajstić information content (AvgIpc) is 2.77. The number of aromatic carboxylic acids is 1. The van der Waals surface area contributed by atoms with Crippen LogP contribution in [0.1, 0.15) is 27.6 Å². The molecule has 2 rings (SSSR count). The zero-order chi connectivity index (χ0) is 12.6. The normalized spacial score (nSPS) is 10.7. The van der Waals surface area contributed by atoms with Crippen molar-refractivity contribution in [1.29, 1.82) is 0 Å². The molecule has 0 amide bonds. The zero-order valence-corrected chi connectivity index (χ0v) is 10.2. The van der Waals surface area contributed by atoms with Crippen molar-refractivity contribution >= 4 is 17.3 Å². The number of furan rings is 1. The molecule has 2 aromatic rings. The quantitative estimate of drug-likeness (QED) is 0.906. The van der Waals surface area contributed by atoms with Gasteiger partial charge in [-0.3, -0.25) is 9.36 Å². The molecule has 17 heavy (non-hydrogen) atoms. The van der Waals surface area contributed by atoms with Gasteiger partial charge in [0.25, 0.3) is 0 Å². The molecule has 0 saturated heterocycles. The Balaban J connectivity index is 2.37. The molecule has 90 valence electrons. The Hall–Kier alpha value is -1.82. The van der Waals surface area contributed by atoms with Crippen molar-refractivity contribution in [3.63, 3.8) is 0 Å². The first-order valence-corrected chi connectivity index (χ1v) is 5.84. The number of rotatable bonds is 3. The smallest absolute Gasteiger partial charge is 0.371 e. The molecular weight excluding hydrogens is 242 g/mol. The third kappa shape index (κ3) is 2.16. The Morgan fingerprint density at radius 2 is 2.24 bits per heavy atom. The molecule has 0 bridgehead atoms. The second kappa shape index (κ2) is 4.21. The lowest BCUT2D eigenvalue weighted by molar-refractivity contribution is 0.0661. The lowest BCUT2D eigenvalue weighted by atomic mass is 10.2. The second-order valence-electron chi connectivity index (χ2n) is 3.73. The fourth-order valence-electron chi connectivity index (χ4n) is 1.55. The summed E-state index contributed by atoms with van der Waals surface area (Å²) in [7, 11) is 0. The van der Waals surface area contributed by atoms with Crippen LogP contribution >= 0.6 is 11.3 Å². The summed E-state index contributed by atoms with van der Waals surface area (Å²) < 4.78 is 6.68. The van der Waals surface area contributed by atoms with Crippen LogP contribution in [0.2, 0.25) is 0 Å². The summed E-state index contributed by atoms with van der Waals surface area (Å²) in [6.07, 6.45) is 0. The molecule has 5 nitrogen and oxygen atoms in total. The van der Waals surface area contributed by atoms with Crippen molar-refractivity contribution in [1.82, 2.24) is 4.57 Å². The van der Waals surface area contributed by atoms with E-state index in [1.165, 1.54) is 6.07 Å². The van der Waals surface area contributed by atoms with Gasteiger partial charge in [0.1, 0.15) is 5.76 Å². The van der Waals surface area contributed by atoms with E-state index in [1.54, 1.807) is 16.9 Å². The minimum Gasteiger partial charge on any atom is -0.475 e. The van der Waals surface area contributed by atoms with Gasteiger partial charge in [-0.1, -0.05) is 11.3 Å². The summed E-state index contributed by atoms with van der Waals surface area (Å²) in [5.74, 6) is -0.674. The zero-order valence-electron chi connectivity index (χ0n) is 9.39. The highest BCUT2D eigenvalue weighted by Gasteiger charge is 2.14. The van der Waals surface area contributed by atoms with Crippen LogP contribution < -0.4 is 4.87 Å². The van der Waals surface area contributed by atoms with Gasteiger partial charge in [-0.25, -0.2) is 4.79 Å². The summed E-state index contributed by atoms with van der Waals surface area (Å²) in [6, 6.07) is 1.46. The number of carboxylic acids is 1. The molecule has 0 aliphatic heterocycles. The lowest BCUT2D eigenvalue weighted by Gasteiger charge is -2.02. The number of aromatic nitrogens is 1. The fraction of sp³-hybridized carbons (Fsp3) is 0.273. The van der Waals surface area contributed by atoms with Crippen LogP contribution in [0, 0.1) is 13.8 Å². The van der Waals surface area contributed by atoms with E-state index < -0.39 is 5.97 Å². The van der Waals surface area contributed by atoms with Crippen molar-refractivity contribution in [2.75, 3.05) is 0 Å². The Bertz CT molecular complexity index is 620. The first kappa shape index (κ1) is 11.7. The molecule has 0 atom stereocenters. The Labute approximate surface area is 101 Å². The van der Waals surface area contributed by atoms with E-state index in [1.807, 2.05) is 6.92 Å². The molecule has 0 aromatic carbocycles. The number of hydrogen-bond donors (Lipinski definition) is 1.